The van der Waals surface area contributed by atoms with Crippen LogP contribution in [0.1, 0.15) is 45.7 Å². The van der Waals surface area contributed by atoms with E-state index in [0.29, 0.717) is 40.7 Å². The number of carbonyl (C=O) groups is 2. The topological polar surface area (TPSA) is 95.9 Å². The molecule has 0 unspecified atom stereocenters. The lowest BCUT2D eigenvalue weighted by Gasteiger charge is -2.30. The van der Waals surface area contributed by atoms with E-state index in [1.807, 2.05) is 34.6 Å². The number of hydrogen-bond donors (Lipinski definition) is 0. The molecule has 9 heteroatoms. The molecule has 2 aromatic rings. The van der Waals surface area contributed by atoms with Crippen LogP contribution in [0.2, 0.25) is 0 Å². The van der Waals surface area contributed by atoms with Crippen LogP contribution in [0.25, 0.3) is 6.08 Å². The number of aliphatic imine (C=N–C) groups is 1. The molecule has 2 aliphatic heterocycles. The Kier molecular flexibility index (Phi) is 7.47. The zero-order valence-electron chi connectivity index (χ0n) is 21.1. The second kappa shape index (κ2) is 10.7. The minimum atomic E-state index is -0.561. The number of carbonyl (C=O) groups excluding carboxylic acids is 2. The van der Waals surface area contributed by atoms with Crippen LogP contribution in [-0.2, 0) is 14.3 Å². The van der Waals surface area contributed by atoms with Crippen LogP contribution in [-0.4, -0.2) is 54.8 Å². The van der Waals surface area contributed by atoms with Gasteiger partial charge < -0.3 is 28.6 Å². The molecule has 0 aromatic heterocycles. The lowest BCUT2D eigenvalue weighted by atomic mass is 10.1. The van der Waals surface area contributed by atoms with Crippen molar-refractivity contribution in [3.05, 3.63) is 53.2 Å². The van der Waals surface area contributed by atoms with Crippen molar-refractivity contribution in [3.63, 3.8) is 0 Å². The van der Waals surface area contributed by atoms with E-state index in [4.69, 9.17) is 23.7 Å². The second-order valence-corrected chi connectivity index (χ2v) is 8.82. The molecule has 0 bridgehead atoms. The molecule has 1 amide bonds. The van der Waals surface area contributed by atoms with Crippen molar-refractivity contribution in [1.82, 2.24) is 4.90 Å². The SMILES string of the molecule is CCOc1cc(/C=C2/N=C(c3ccc4c(c3)OCO4)OC2=O)ccc1OCC(=O)N(C(C)C)C(C)C. The minimum absolute atomic E-state index is 0.0655. The quantitative estimate of drug-likeness (QED) is 0.381. The number of fused-ring (bicyclic) bond motifs is 1. The van der Waals surface area contributed by atoms with Gasteiger partial charge in [0.05, 0.1) is 6.61 Å². The molecule has 2 aromatic carbocycles. The highest BCUT2D eigenvalue weighted by Crippen LogP contribution is 2.34. The number of nitrogens with zero attached hydrogens (tertiary/aromatic N) is 2. The van der Waals surface area contributed by atoms with E-state index < -0.39 is 5.97 Å². The van der Waals surface area contributed by atoms with Crippen molar-refractivity contribution in [2.75, 3.05) is 20.0 Å². The van der Waals surface area contributed by atoms with E-state index in [1.165, 1.54) is 0 Å². The summed E-state index contributed by atoms with van der Waals surface area (Å²) in [6, 6.07) is 10.6. The van der Waals surface area contributed by atoms with Gasteiger partial charge in [-0.3, -0.25) is 4.79 Å². The molecule has 0 saturated carbocycles. The average Bonchev–Trinajstić information content (AvgIpc) is 3.44. The molecule has 0 N–H and O–H groups in total. The molecule has 0 aliphatic carbocycles. The molecule has 0 spiro atoms. The van der Waals surface area contributed by atoms with Crippen molar-refractivity contribution in [2.45, 2.75) is 46.7 Å². The van der Waals surface area contributed by atoms with Crippen LogP contribution in [0, 0.1) is 0 Å². The van der Waals surface area contributed by atoms with Gasteiger partial charge in [0.25, 0.3) is 5.91 Å². The fourth-order valence-corrected chi connectivity index (χ4v) is 4.11. The summed E-state index contributed by atoms with van der Waals surface area (Å²) in [4.78, 5) is 31.3. The van der Waals surface area contributed by atoms with Gasteiger partial charge in [0.1, 0.15) is 0 Å². The molecular weight excluding hydrogens is 464 g/mol. The molecular formula is C27H30N2O7. The van der Waals surface area contributed by atoms with Gasteiger partial charge in [-0.2, -0.15) is 0 Å². The van der Waals surface area contributed by atoms with Gasteiger partial charge in [0, 0.05) is 17.6 Å². The number of esters is 1. The minimum Gasteiger partial charge on any atom is -0.490 e. The first kappa shape index (κ1) is 25.1. The molecule has 0 atom stereocenters. The van der Waals surface area contributed by atoms with Gasteiger partial charge in [-0.05, 0) is 76.6 Å². The number of hydrogen-bond acceptors (Lipinski definition) is 8. The third-order valence-electron chi connectivity index (χ3n) is 5.56. The lowest BCUT2D eigenvalue weighted by Crippen LogP contribution is -2.44. The van der Waals surface area contributed by atoms with E-state index in [-0.39, 0.29) is 43.0 Å². The molecule has 0 saturated heterocycles. The largest absolute Gasteiger partial charge is 0.490 e. The lowest BCUT2D eigenvalue weighted by molar-refractivity contribution is -0.137. The Balaban J connectivity index is 1.52. The number of ether oxygens (including phenoxy) is 5. The van der Waals surface area contributed by atoms with Crippen LogP contribution in [0.5, 0.6) is 23.0 Å². The summed E-state index contributed by atoms with van der Waals surface area (Å²) in [5.41, 5.74) is 1.43. The molecule has 2 aliphatic rings. The summed E-state index contributed by atoms with van der Waals surface area (Å²) in [7, 11) is 0. The first-order valence-corrected chi connectivity index (χ1v) is 11.9. The van der Waals surface area contributed by atoms with Gasteiger partial charge in [-0.15, -0.1) is 0 Å². The Bertz CT molecular complexity index is 1210. The number of rotatable bonds is 9. The highest BCUT2D eigenvalue weighted by atomic mass is 16.7. The predicted molar refractivity (Wildman–Crippen MR) is 133 cm³/mol. The van der Waals surface area contributed by atoms with Crippen molar-refractivity contribution in [1.29, 1.82) is 0 Å². The standard InChI is InChI=1S/C27H30N2O7/c1-6-32-23-12-18(7-9-21(23)33-14-25(30)29(16(2)3)17(4)5)11-20-27(31)36-26(28-20)19-8-10-22-24(13-19)35-15-34-22/h7-13,16-17H,6,14-15H2,1-5H3/b20-11+. The molecule has 2 heterocycles. The number of cyclic esters (lactones) is 1. The van der Waals surface area contributed by atoms with Crippen LogP contribution in [0.3, 0.4) is 0 Å². The van der Waals surface area contributed by atoms with Gasteiger partial charge in [-0.1, -0.05) is 6.07 Å². The number of benzene rings is 2. The maximum absolute atomic E-state index is 12.7. The monoisotopic (exact) mass is 494 g/mol. The van der Waals surface area contributed by atoms with E-state index in [1.54, 1.807) is 47.4 Å². The zero-order valence-corrected chi connectivity index (χ0v) is 21.1. The van der Waals surface area contributed by atoms with Gasteiger partial charge >= 0.3 is 5.97 Å². The van der Waals surface area contributed by atoms with Crippen LogP contribution < -0.4 is 18.9 Å². The summed E-state index contributed by atoms with van der Waals surface area (Å²) in [5.74, 6) is 1.64. The van der Waals surface area contributed by atoms with E-state index >= 15 is 0 Å². The zero-order chi connectivity index (χ0) is 25.8. The Morgan fingerprint density at radius 1 is 1.03 bits per heavy atom. The third-order valence-corrected chi connectivity index (χ3v) is 5.56. The average molecular weight is 495 g/mol. The Morgan fingerprint density at radius 3 is 2.50 bits per heavy atom. The molecule has 0 fully saturated rings. The molecule has 9 nitrogen and oxygen atoms in total. The van der Waals surface area contributed by atoms with E-state index in [9.17, 15) is 9.59 Å². The van der Waals surface area contributed by atoms with E-state index in [2.05, 4.69) is 4.99 Å². The third kappa shape index (κ3) is 5.45. The van der Waals surface area contributed by atoms with Crippen molar-refractivity contribution in [2.24, 2.45) is 4.99 Å². The van der Waals surface area contributed by atoms with E-state index in [0.717, 1.165) is 0 Å². The van der Waals surface area contributed by atoms with Crippen LogP contribution in [0.15, 0.2) is 47.1 Å². The van der Waals surface area contributed by atoms with Gasteiger partial charge in [0.15, 0.2) is 35.3 Å². The summed E-state index contributed by atoms with van der Waals surface area (Å²) in [6.07, 6.45) is 1.61. The van der Waals surface area contributed by atoms with Crippen molar-refractivity contribution < 1.29 is 33.3 Å². The first-order chi connectivity index (χ1) is 17.3. The fraction of sp³-hybridized carbons (Fsp3) is 0.370. The first-order valence-electron chi connectivity index (χ1n) is 11.9. The fourth-order valence-electron chi connectivity index (χ4n) is 4.11. The summed E-state index contributed by atoms with van der Waals surface area (Å²) in [6.45, 7) is 10.2. The van der Waals surface area contributed by atoms with Crippen LogP contribution in [0.4, 0.5) is 0 Å². The number of amides is 1. The normalized spacial score (nSPS) is 15.4. The smallest absolute Gasteiger partial charge is 0.363 e. The molecule has 190 valence electrons. The van der Waals surface area contributed by atoms with Crippen molar-refractivity contribution >= 4 is 23.9 Å². The van der Waals surface area contributed by atoms with Crippen LogP contribution >= 0.6 is 0 Å². The van der Waals surface area contributed by atoms with Gasteiger partial charge in [-0.25, -0.2) is 9.79 Å². The van der Waals surface area contributed by atoms with Crippen molar-refractivity contribution in [3.8, 4) is 23.0 Å². The Morgan fingerprint density at radius 2 is 1.78 bits per heavy atom. The highest BCUT2D eigenvalue weighted by Gasteiger charge is 2.26. The van der Waals surface area contributed by atoms with Gasteiger partial charge in [0.2, 0.25) is 12.7 Å². The molecule has 0 radical (unpaired) electrons. The predicted octanol–water partition coefficient (Wildman–Crippen LogP) is 4.18. The summed E-state index contributed by atoms with van der Waals surface area (Å²) in [5, 5.41) is 0. The highest BCUT2D eigenvalue weighted by molar-refractivity contribution is 6.13. The summed E-state index contributed by atoms with van der Waals surface area (Å²) >= 11 is 0. The molecule has 4 rings (SSSR count). The maximum Gasteiger partial charge on any atom is 0.363 e. The summed E-state index contributed by atoms with van der Waals surface area (Å²) < 4.78 is 27.6. The maximum atomic E-state index is 12.7. The molecule has 36 heavy (non-hydrogen) atoms. The Labute approximate surface area is 210 Å². The second-order valence-electron chi connectivity index (χ2n) is 8.82. The Hall–Kier alpha value is -4.01.